The third-order valence-electron chi connectivity index (χ3n) is 7.38. The number of amides is 1. The zero-order chi connectivity index (χ0) is 19.8. The van der Waals surface area contributed by atoms with E-state index in [4.69, 9.17) is 5.73 Å². The number of carbonyl (C=O) groups excluding carboxylic acids is 1. The lowest BCUT2D eigenvalue weighted by molar-refractivity contribution is -0.150. The first-order chi connectivity index (χ1) is 13.9. The van der Waals surface area contributed by atoms with Crippen molar-refractivity contribution in [1.82, 2.24) is 19.7 Å². The van der Waals surface area contributed by atoms with E-state index in [1.165, 1.54) is 17.8 Å². The molecule has 0 spiro atoms. The highest BCUT2D eigenvalue weighted by Gasteiger charge is 2.61. The number of nitrogen functional groups attached to an aromatic ring is 1. The van der Waals surface area contributed by atoms with E-state index < -0.39 is 0 Å². The zero-order valence-electron chi connectivity index (χ0n) is 16.4. The summed E-state index contributed by atoms with van der Waals surface area (Å²) in [6, 6.07) is 4.01. The number of nitrogens with one attached hydrogen (secondary N) is 1. The van der Waals surface area contributed by atoms with Gasteiger partial charge < -0.3 is 11.1 Å². The van der Waals surface area contributed by atoms with Crippen LogP contribution in [0, 0.1) is 24.2 Å². The van der Waals surface area contributed by atoms with Crippen LogP contribution in [0.5, 0.6) is 0 Å². The Morgan fingerprint density at radius 3 is 2.79 bits per heavy atom. The molecule has 7 nitrogen and oxygen atoms in total. The number of carbonyl (C=O) groups is 1. The third-order valence-corrected chi connectivity index (χ3v) is 8.21. The highest BCUT2D eigenvalue weighted by Crippen LogP contribution is 2.64. The molecule has 2 unspecified atom stereocenters. The number of nitrogens with zero attached hydrogens (tertiary/aromatic N) is 4. The molecule has 3 aromatic rings. The number of aryl methyl sites for hydroxylation is 1. The van der Waals surface area contributed by atoms with E-state index in [1.54, 1.807) is 6.33 Å². The average molecular weight is 409 g/mol. The van der Waals surface area contributed by atoms with Gasteiger partial charge in [-0.15, -0.1) is 0 Å². The molecule has 0 aliphatic heterocycles. The molecule has 1 aromatic carbocycles. The van der Waals surface area contributed by atoms with E-state index in [0.717, 1.165) is 53.6 Å². The number of rotatable bonds is 3. The molecule has 7 rings (SSSR count). The van der Waals surface area contributed by atoms with Crippen molar-refractivity contribution in [1.29, 1.82) is 0 Å². The summed E-state index contributed by atoms with van der Waals surface area (Å²) in [5.74, 6) is 1.35. The Bertz CT molecular complexity index is 1110. The van der Waals surface area contributed by atoms with Gasteiger partial charge in [0.05, 0.1) is 21.2 Å². The second kappa shape index (κ2) is 5.78. The van der Waals surface area contributed by atoms with Crippen molar-refractivity contribution < 1.29 is 4.79 Å². The minimum Gasteiger partial charge on any atom is -0.375 e. The fraction of sp³-hybridized carbons (Fsp3) is 0.524. The second-order valence-corrected chi connectivity index (χ2v) is 10.5. The van der Waals surface area contributed by atoms with Crippen LogP contribution in [0.2, 0.25) is 0 Å². The van der Waals surface area contributed by atoms with E-state index in [0.29, 0.717) is 17.0 Å². The molecule has 1 amide bonds. The van der Waals surface area contributed by atoms with Gasteiger partial charge in [0.25, 0.3) is 0 Å². The number of hydrogen-bond donors (Lipinski definition) is 2. The minimum absolute atomic E-state index is 0.0517. The largest absolute Gasteiger partial charge is 0.375 e. The molecule has 0 radical (unpaired) electrons. The topological polar surface area (TPSA) is 98.7 Å². The maximum atomic E-state index is 13.6. The molecular formula is C21H24N6OS. The second-order valence-electron chi connectivity index (χ2n) is 9.45. The number of fused-ring (bicyclic) bond motifs is 1. The fourth-order valence-corrected chi connectivity index (χ4v) is 7.60. The van der Waals surface area contributed by atoms with Gasteiger partial charge in [-0.2, -0.15) is 5.10 Å². The molecule has 4 aliphatic rings. The monoisotopic (exact) mass is 408 g/mol. The number of benzene rings is 1. The fourth-order valence-electron chi connectivity index (χ4n) is 6.75. The van der Waals surface area contributed by atoms with Crippen LogP contribution >= 0.6 is 11.3 Å². The lowest BCUT2D eigenvalue weighted by atomic mass is 9.46. The Hall–Kier alpha value is -2.48. The maximum Gasteiger partial charge on any atom is 0.230 e. The third kappa shape index (κ3) is 2.54. The quantitative estimate of drug-likeness (QED) is 0.688. The first-order valence-corrected chi connectivity index (χ1v) is 11.1. The summed E-state index contributed by atoms with van der Waals surface area (Å²) < 4.78 is 3.06. The summed E-state index contributed by atoms with van der Waals surface area (Å²) in [6.45, 7) is 2.02. The number of nitrogens with two attached hydrogens (primary N) is 1. The number of thiazole rings is 1. The first kappa shape index (κ1) is 17.4. The van der Waals surface area contributed by atoms with Gasteiger partial charge in [0, 0.05) is 5.69 Å². The lowest BCUT2D eigenvalue weighted by Crippen LogP contribution is -2.60. The van der Waals surface area contributed by atoms with Crippen LogP contribution in [0.3, 0.4) is 0 Å². The maximum absolute atomic E-state index is 13.6. The van der Waals surface area contributed by atoms with Crippen molar-refractivity contribution >= 4 is 38.3 Å². The Balaban J connectivity index is 1.34. The normalized spacial score (nSPS) is 32.7. The van der Waals surface area contributed by atoms with Crippen molar-refractivity contribution in [3.8, 4) is 0 Å². The summed E-state index contributed by atoms with van der Waals surface area (Å²) >= 11 is 1.46. The van der Waals surface area contributed by atoms with Gasteiger partial charge in [-0.05, 0) is 75.0 Å². The van der Waals surface area contributed by atoms with Crippen LogP contribution in [0.15, 0.2) is 24.8 Å². The molecule has 4 saturated carbocycles. The molecule has 8 heteroatoms. The SMILES string of the molecule is Cc1cc(NC(=O)C23CC4CC(C2)CC(n2cncn2)(C4)C3)cc2sc(N)nc12. The number of anilines is 2. The van der Waals surface area contributed by atoms with Gasteiger partial charge in [0.15, 0.2) is 5.13 Å². The van der Waals surface area contributed by atoms with Crippen LogP contribution in [-0.4, -0.2) is 25.7 Å². The van der Waals surface area contributed by atoms with E-state index >= 15 is 0 Å². The zero-order valence-corrected chi connectivity index (χ0v) is 17.2. The summed E-state index contributed by atoms with van der Waals surface area (Å²) in [5, 5.41) is 8.30. The molecule has 2 aromatic heterocycles. The Kier molecular flexibility index (Phi) is 3.47. The van der Waals surface area contributed by atoms with Crippen molar-refractivity contribution in [2.45, 2.75) is 51.0 Å². The molecule has 4 bridgehead atoms. The van der Waals surface area contributed by atoms with E-state index in [9.17, 15) is 4.79 Å². The molecule has 0 saturated heterocycles. The van der Waals surface area contributed by atoms with Gasteiger partial charge in [-0.25, -0.2) is 14.6 Å². The van der Waals surface area contributed by atoms with Gasteiger partial charge in [0.2, 0.25) is 5.91 Å². The summed E-state index contributed by atoms with van der Waals surface area (Å²) in [7, 11) is 0. The van der Waals surface area contributed by atoms with Gasteiger partial charge >= 0.3 is 0 Å². The highest BCUT2D eigenvalue weighted by atomic mass is 32.1. The predicted molar refractivity (Wildman–Crippen MR) is 113 cm³/mol. The minimum atomic E-state index is -0.314. The molecule has 29 heavy (non-hydrogen) atoms. The molecular weight excluding hydrogens is 384 g/mol. The molecule has 4 fully saturated rings. The van der Waals surface area contributed by atoms with Crippen molar-refractivity contribution in [3.05, 3.63) is 30.4 Å². The van der Waals surface area contributed by atoms with E-state index in [-0.39, 0.29) is 16.9 Å². The Morgan fingerprint density at radius 1 is 1.28 bits per heavy atom. The summed E-state index contributed by atoms with van der Waals surface area (Å²) in [5.41, 5.74) is 8.32. The molecule has 2 atom stereocenters. The average Bonchev–Trinajstić information content (AvgIpc) is 3.30. The van der Waals surface area contributed by atoms with Crippen molar-refractivity contribution in [2.75, 3.05) is 11.1 Å². The van der Waals surface area contributed by atoms with Gasteiger partial charge in [-0.1, -0.05) is 11.3 Å². The predicted octanol–water partition coefficient (Wildman–Crippen LogP) is 3.71. The summed E-state index contributed by atoms with van der Waals surface area (Å²) in [6.07, 6.45) is 9.77. The summed E-state index contributed by atoms with van der Waals surface area (Å²) in [4.78, 5) is 22.2. The van der Waals surface area contributed by atoms with Crippen LogP contribution in [0.4, 0.5) is 10.8 Å². The van der Waals surface area contributed by atoms with Crippen LogP contribution in [-0.2, 0) is 10.3 Å². The molecule has 2 heterocycles. The van der Waals surface area contributed by atoms with E-state index in [1.807, 2.05) is 30.1 Å². The van der Waals surface area contributed by atoms with Gasteiger partial charge in [0.1, 0.15) is 12.7 Å². The van der Waals surface area contributed by atoms with Crippen LogP contribution < -0.4 is 11.1 Å². The first-order valence-electron chi connectivity index (χ1n) is 10.3. The number of aromatic nitrogens is 4. The molecule has 4 aliphatic carbocycles. The smallest absolute Gasteiger partial charge is 0.230 e. The Morgan fingerprint density at radius 2 is 2.07 bits per heavy atom. The standard InChI is InChI=1S/C21H24N6OS/c1-12-2-15(4-16-17(12)26-19(22)29-16)25-18(28)20-5-13-3-14(6-20)8-21(7-13,9-20)27-11-23-10-24-27/h2,4,10-11,13-14H,3,5-9H2,1H3,(H2,22,26)(H,25,28). The van der Waals surface area contributed by atoms with Gasteiger partial charge in [-0.3, -0.25) is 4.79 Å². The highest BCUT2D eigenvalue weighted by molar-refractivity contribution is 7.22. The number of hydrogen-bond acceptors (Lipinski definition) is 6. The molecule has 150 valence electrons. The van der Waals surface area contributed by atoms with Crippen LogP contribution in [0.1, 0.15) is 44.1 Å². The van der Waals surface area contributed by atoms with Crippen LogP contribution in [0.25, 0.3) is 10.2 Å². The van der Waals surface area contributed by atoms with Crippen molar-refractivity contribution in [3.63, 3.8) is 0 Å². The lowest BCUT2D eigenvalue weighted by Gasteiger charge is -2.60. The molecule has 3 N–H and O–H groups in total. The van der Waals surface area contributed by atoms with Crippen molar-refractivity contribution in [2.24, 2.45) is 17.3 Å². The van der Waals surface area contributed by atoms with E-state index in [2.05, 4.69) is 20.4 Å². The Labute approximate surface area is 172 Å².